The number of nitrogens with zero attached hydrogens (tertiary/aromatic N) is 1. The zero-order chi connectivity index (χ0) is 12.0. The van der Waals surface area contributed by atoms with Crippen molar-refractivity contribution in [3.63, 3.8) is 0 Å². The lowest BCUT2D eigenvalue weighted by atomic mass is 10.2. The summed E-state index contributed by atoms with van der Waals surface area (Å²) in [6.45, 7) is 4.08. The Morgan fingerprint density at radius 3 is 2.94 bits per heavy atom. The first kappa shape index (κ1) is 13.2. The van der Waals surface area contributed by atoms with Gasteiger partial charge in [-0.15, -0.1) is 0 Å². The molecule has 0 spiro atoms. The maximum atomic E-state index is 11.8. The molecule has 0 aromatic carbocycles. The Bertz CT molecular complexity index is 311. The van der Waals surface area contributed by atoms with Crippen molar-refractivity contribution in [3.8, 4) is 0 Å². The predicted octanol–water partition coefficient (Wildman–Crippen LogP) is 2.94. The molecule has 1 atom stereocenters. The number of carbonyl (C=O) groups is 1. The van der Waals surface area contributed by atoms with Crippen LogP contribution < -0.4 is 0 Å². The Balaban J connectivity index is 2.44. The van der Waals surface area contributed by atoms with Gasteiger partial charge in [-0.2, -0.15) is 11.8 Å². The molecule has 0 aliphatic heterocycles. The van der Waals surface area contributed by atoms with Crippen LogP contribution in [0.1, 0.15) is 32.1 Å². The summed E-state index contributed by atoms with van der Waals surface area (Å²) in [7, 11) is 1.83. The Kier molecular flexibility index (Phi) is 5.46. The van der Waals surface area contributed by atoms with Crippen LogP contribution in [0.5, 0.6) is 0 Å². The van der Waals surface area contributed by atoms with Crippen LogP contribution in [-0.2, 0) is 4.79 Å². The summed E-state index contributed by atoms with van der Waals surface area (Å²) in [5.74, 6) is 2.96. The first-order valence-electron chi connectivity index (χ1n) is 5.53. The normalized spacial score (nSPS) is 12.4. The average Bonchev–Trinajstić information content (AvgIpc) is 2.80. The lowest BCUT2D eigenvalue weighted by Gasteiger charge is -2.23. The third kappa shape index (κ3) is 3.59. The second-order valence-electron chi connectivity index (χ2n) is 3.64. The predicted molar refractivity (Wildman–Crippen MR) is 67.5 cm³/mol. The standard InChI is InChI=1S/C12H19NO2S/c1-4-16-9-7-12(14)13(3)10(2)11-6-5-8-15-11/h5-6,8,10H,4,7,9H2,1-3H3. The Hall–Kier alpha value is -0.900. The third-order valence-electron chi connectivity index (χ3n) is 2.59. The van der Waals surface area contributed by atoms with E-state index in [1.807, 2.05) is 26.1 Å². The van der Waals surface area contributed by atoms with Crippen LogP contribution in [-0.4, -0.2) is 29.4 Å². The molecule has 0 bridgehead atoms. The summed E-state index contributed by atoms with van der Waals surface area (Å²) in [6, 6.07) is 3.75. The largest absolute Gasteiger partial charge is 0.467 e. The van der Waals surface area contributed by atoms with Crippen LogP contribution in [0.4, 0.5) is 0 Å². The summed E-state index contributed by atoms with van der Waals surface area (Å²) in [6.07, 6.45) is 2.23. The van der Waals surface area contributed by atoms with Gasteiger partial charge in [0.2, 0.25) is 5.91 Å². The zero-order valence-corrected chi connectivity index (χ0v) is 10.9. The van der Waals surface area contributed by atoms with E-state index in [-0.39, 0.29) is 11.9 Å². The van der Waals surface area contributed by atoms with Gasteiger partial charge in [0.25, 0.3) is 0 Å². The van der Waals surface area contributed by atoms with E-state index in [1.54, 1.807) is 22.9 Å². The highest BCUT2D eigenvalue weighted by Gasteiger charge is 2.18. The van der Waals surface area contributed by atoms with E-state index < -0.39 is 0 Å². The molecule has 0 N–H and O–H groups in total. The lowest BCUT2D eigenvalue weighted by Crippen LogP contribution is -2.29. The number of rotatable bonds is 6. The van der Waals surface area contributed by atoms with Crippen LogP contribution >= 0.6 is 11.8 Å². The van der Waals surface area contributed by atoms with Crippen LogP contribution in [0.3, 0.4) is 0 Å². The molecule has 1 heterocycles. The average molecular weight is 241 g/mol. The molecule has 1 amide bonds. The van der Waals surface area contributed by atoms with Crippen LogP contribution in [0.2, 0.25) is 0 Å². The van der Waals surface area contributed by atoms with Gasteiger partial charge in [-0.1, -0.05) is 6.92 Å². The van der Waals surface area contributed by atoms with Crippen molar-refractivity contribution < 1.29 is 9.21 Å². The molecular weight excluding hydrogens is 222 g/mol. The summed E-state index contributed by atoms with van der Waals surface area (Å²) in [5.41, 5.74) is 0. The minimum Gasteiger partial charge on any atom is -0.467 e. The highest BCUT2D eigenvalue weighted by atomic mass is 32.2. The smallest absolute Gasteiger partial charge is 0.223 e. The molecule has 0 saturated heterocycles. The SMILES string of the molecule is CCSCCC(=O)N(C)C(C)c1ccco1. The zero-order valence-electron chi connectivity index (χ0n) is 10.1. The van der Waals surface area contributed by atoms with Crippen LogP contribution in [0.25, 0.3) is 0 Å². The van der Waals surface area contributed by atoms with Gasteiger partial charge in [-0.25, -0.2) is 0 Å². The van der Waals surface area contributed by atoms with E-state index >= 15 is 0 Å². The van der Waals surface area contributed by atoms with Gasteiger partial charge < -0.3 is 9.32 Å². The highest BCUT2D eigenvalue weighted by Crippen LogP contribution is 2.19. The first-order valence-corrected chi connectivity index (χ1v) is 6.69. The van der Waals surface area contributed by atoms with E-state index in [0.29, 0.717) is 6.42 Å². The van der Waals surface area contributed by atoms with Gasteiger partial charge in [0, 0.05) is 19.2 Å². The molecule has 0 fully saturated rings. The summed E-state index contributed by atoms with van der Waals surface area (Å²) in [5, 5.41) is 0. The van der Waals surface area contributed by atoms with Crippen molar-refractivity contribution in [1.82, 2.24) is 4.90 Å². The molecule has 1 unspecified atom stereocenters. The summed E-state index contributed by atoms with van der Waals surface area (Å²) in [4.78, 5) is 13.6. The quantitative estimate of drug-likeness (QED) is 0.718. The molecule has 1 rings (SSSR count). The highest BCUT2D eigenvalue weighted by molar-refractivity contribution is 7.99. The molecular formula is C12H19NO2S. The minimum atomic E-state index is 0.00845. The van der Waals surface area contributed by atoms with Crippen LogP contribution in [0.15, 0.2) is 22.8 Å². The van der Waals surface area contributed by atoms with Crippen molar-refractivity contribution in [2.24, 2.45) is 0 Å². The molecule has 16 heavy (non-hydrogen) atoms. The molecule has 3 nitrogen and oxygen atoms in total. The minimum absolute atomic E-state index is 0.00845. The second kappa shape index (κ2) is 6.63. The number of thioether (sulfide) groups is 1. The number of furan rings is 1. The van der Waals surface area contributed by atoms with Crippen LogP contribution in [0, 0.1) is 0 Å². The van der Waals surface area contributed by atoms with Gasteiger partial charge in [0.05, 0.1) is 12.3 Å². The fraction of sp³-hybridized carbons (Fsp3) is 0.583. The molecule has 0 radical (unpaired) electrons. The number of carbonyl (C=O) groups excluding carboxylic acids is 1. The van der Waals surface area contributed by atoms with E-state index in [9.17, 15) is 4.79 Å². The topological polar surface area (TPSA) is 33.5 Å². The van der Waals surface area contributed by atoms with Crippen molar-refractivity contribution in [2.45, 2.75) is 26.3 Å². The van der Waals surface area contributed by atoms with Crippen molar-refractivity contribution in [2.75, 3.05) is 18.6 Å². The molecule has 0 aliphatic rings. The molecule has 0 saturated carbocycles. The summed E-state index contributed by atoms with van der Waals surface area (Å²) < 4.78 is 5.29. The van der Waals surface area contributed by atoms with Gasteiger partial charge in [0.1, 0.15) is 5.76 Å². The number of hydrogen-bond donors (Lipinski definition) is 0. The molecule has 90 valence electrons. The van der Waals surface area contributed by atoms with Gasteiger partial charge in [0.15, 0.2) is 0 Å². The Morgan fingerprint density at radius 2 is 2.38 bits per heavy atom. The molecule has 1 aromatic rings. The monoisotopic (exact) mass is 241 g/mol. The van der Waals surface area contributed by atoms with Crippen molar-refractivity contribution in [1.29, 1.82) is 0 Å². The van der Waals surface area contributed by atoms with Gasteiger partial charge >= 0.3 is 0 Å². The van der Waals surface area contributed by atoms with E-state index in [4.69, 9.17) is 4.42 Å². The summed E-state index contributed by atoms with van der Waals surface area (Å²) >= 11 is 1.79. The molecule has 0 aliphatic carbocycles. The number of hydrogen-bond acceptors (Lipinski definition) is 3. The van der Waals surface area contributed by atoms with E-state index in [2.05, 4.69) is 6.92 Å². The maximum absolute atomic E-state index is 11.8. The molecule has 4 heteroatoms. The van der Waals surface area contributed by atoms with Gasteiger partial charge in [-0.05, 0) is 24.8 Å². The van der Waals surface area contributed by atoms with Gasteiger partial charge in [-0.3, -0.25) is 4.79 Å². The van der Waals surface area contributed by atoms with Crippen molar-refractivity contribution >= 4 is 17.7 Å². The van der Waals surface area contributed by atoms with Crippen molar-refractivity contribution in [3.05, 3.63) is 24.2 Å². The molecule has 1 aromatic heterocycles. The Morgan fingerprint density at radius 1 is 1.62 bits per heavy atom. The Labute approximate surface area is 101 Å². The fourth-order valence-corrected chi connectivity index (χ4v) is 2.02. The third-order valence-corrected chi connectivity index (χ3v) is 3.49. The maximum Gasteiger partial charge on any atom is 0.223 e. The van der Waals surface area contributed by atoms with E-state index in [0.717, 1.165) is 17.3 Å². The fourth-order valence-electron chi connectivity index (χ4n) is 1.42. The lowest BCUT2D eigenvalue weighted by molar-refractivity contribution is -0.131. The second-order valence-corrected chi connectivity index (χ2v) is 5.04. The first-order chi connectivity index (χ1) is 7.66. The van der Waals surface area contributed by atoms with E-state index in [1.165, 1.54) is 0 Å². The number of amides is 1.